The van der Waals surface area contributed by atoms with E-state index in [1.807, 2.05) is 17.8 Å². The Kier molecular flexibility index (Phi) is 3.71. The van der Waals surface area contributed by atoms with Crippen molar-refractivity contribution >= 4 is 17.4 Å². The van der Waals surface area contributed by atoms with Gasteiger partial charge in [0.2, 0.25) is 0 Å². The highest BCUT2D eigenvalue weighted by Crippen LogP contribution is 2.29. The van der Waals surface area contributed by atoms with Crippen molar-refractivity contribution in [2.75, 3.05) is 23.4 Å². The summed E-state index contributed by atoms with van der Waals surface area (Å²) in [5.74, 6) is 2.04. The first kappa shape index (κ1) is 11.7. The number of benzene rings is 1. The maximum atomic E-state index is 13.1. The molecule has 3 N–H and O–H groups in total. The van der Waals surface area contributed by atoms with E-state index in [-0.39, 0.29) is 11.4 Å². The number of halogens is 1. The van der Waals surface area contributed by atoms with Crippen LogP contribution in [0.3, 0.4) is 0 Å². The molecule has 4 heteroatoms. The number of hydrogen-bond acceptors (Lipinski definition) is 3. The van der Waals surface area contributed by atoms with Gasteiger partial charge in [-0.2, -0.15) is 11.8 Å². The van der Waals surface area contributed by atoms with E-state index in [0.717, 1.165) is 30.0 Å². The molecule has 2 nitrogen and oxygen atoms in total. The zero-order valence-electron chi connectivity index (χ0n) is 9.21. The molecule has 1 aliphatic heterocycles. The van der Waals surface area contributed by atoms with Crippen LogP contribution < -0.4 is 11.1 Å². The summed E-state index contributed by atoms with van der Waals surface area (Å²) in [5.41, 5.74) is 6.65. The van der Waals surface area contributed by atoms with Gasteiger partial charge in [0.1, 0.15) is 5.82 Å². The van der Waals surface area contributed by atoms with Crippen molar-refractivity contribution < 1.29 is 4.39 Å². The summed E-state index contributed by atoms with van der Waals surface area (Å²) >= 11 is 1.96. The number of thioether (sulfide) groups is 1. The molecule has 1 fully saturated rings. The molecule has 1 aromatic carbocycles. The van der Waals surface area contributed by atoms with Crippen LogP contribution in [0.15, 0.2) is 24.3 Å². The monoisotopic (exact) mass is 240 g/mol. The molecule has 0 aromatic heterocycles. The molecule has 16 heavy (non-hydrogen) atoms. The van der Waals surface area contributed by atoms with Gasteiger partial charge in [0.15, 0.2) is 0 Å². The molecule has 0 bridgehead atoms. The first-order valence-electron chi connectivity index (χ1n) is 5.56. The predicted molar refractivity (Wildman–Crippen MR) is 68.4 cm³/mol. The van der Waals surface area contributed by atoms with Crippen LogP contribution in [0.2, 0.25) is 0 Å². The Bertz CT molecular complexity index is 351. The van der Waals surface area contributed by atoms with Crippen LogP contribution in [0.4, 0.5) is 10.1 Å². The van der Waals surface area contributed by atoms with Gasteiger partial charge in [-0.25, -0.2) is 4.39 Å². The van der Waals surface area contributed by atoms with E-state index < -0.39 is 0 Å². The van der Waals surface area contributed by atoms with Gasteiger partial charge in [-0.05, 0) is 42.5 Å². The molecular formula is C12H17FN2S. The van der Waals surface area contributed by atoms with Gasteiger partial charge in [0, 0.05) is 12.2 Å². The lowest BCUT2D eigenvalue weighted by molar-refractivity contribution is 0.443. The van der Waals surface area contributed by atoms with Gasteiger partial charge >= 0.3 is 0 Å². The van der Waals surface area contributed by atoms with E-state index in [1.54, 1.807) is 6.07 Å². The number of anilines is 1. The highest BCUT2D eigenvalue weighted by molar-refractivity contribution is 7.99. The van der Waals surface area contributed by atoms with Gasteiger partial charge in [-0.15, -0.1) is 0 Å². The standard InChI is InChI=1S/C12H17FN2S/c13-10-2-1-3-11(8-10)15-12(9-14)4-6-16-7-5-12/h1-3,8,15H,4-7,9,14H2. The van der Waals surface area contributed by atoms with Crippen LogP contribution in [-0.2, 0) is 0 Å². The SMILES string of the molecule is NCC1(Nc2cccc(F)c2)CCSCC1. The van der Waals surface area contributed by atoms with E-state index in [2.05, 4.69) is 5.32 Å². The quantitative estimate of drug-likeness (QED) is 0.852. The topological polar surface area (TPSA) is 38.0 Å². The third kappa shape index (κ3) is 2.68. The van der Waals surface area contributed by atoms with Gasteiger partial charge in [-0.3, -0.25) is 0 Å². The zero-order valence-corrected chi connectivity index (χ0v) is 10.0. The molecule has 0 unspecified atom stereocenters. The smallest absolute Gasteiger partial charge is 0.125 e. The van der Waals surface area contributed by atoms with E-state index in [4.69, 9.17) is 5.73 Å². The number of nitrogens with two attached hydrogens (primary N) is 1. The third-order valence-electron chi connectivity index (χ3n) is 3.07. The van der Waals surface area contributed by atoms with Crippen LogP contribution >= 0.6 is 11.8 Å². The molecule has 0 radical (unpaired) electrons. The van der Waals surface area contributed by atoms with Crippen LogP contribution in [0, 0.1) is 5.82 Å². The van der Waals surface area contributed by atoms with Gasteiger partial charge in [-0.1, -0.05) is 6.07 Å². The van der Waals surface area contributed by atoms with E-state index in [0.29, 0.717) is 6.54 Å². The Labute approximate surface area is 99.8 Å². The van der Waals surface area contributed by atoms with Gasteiger partial charge in [0.25, 0.3) is 0 Å². The summed E-state index contributed by atoms with van der Waals surface area (Å²) in [6, 6.07) is 6.60. The number of hydrogen-bond donors (Lipinski definition) is 2. The van der Waals surface area contributed by atoms with Crippen molar-refractivity contribution in [2.45, 2.75) is 18.4 Å². The molecule has 1 aromatic rings. The summed E-state index contributed by atoms with van der Waals surface area (Å²) in [7, 11) is 0. The Morgan fingerprint density at radius 1 is 1.38 bits per heavy atom. The van der Waals surface area contributed by atoms with E-state index in [1.165, 1.54) is 12.1 Å². The minimum absolute atomic E-state index is 0.0426. The summed E-state index contributed by atoms with van der Waals surface area (Å²) in [5, 5.41) is 3.41. The Balaban J connectivity index is 2.11. The van der Waals surface area contributed by atoms with Crippen LogP contribution in [-0.4, -0.2) is 23.6 Å². The zero-order chi connectivity index (χ0) is 11.4. The van der Waals surface area contributed by atoms with Crippen LogP contribution in [0.25, 0.3) is 0 Å². The van der Waals surface area contributed by atoms with E-state index >= 15 is 0 Å². The Morgan fingerprint density at radius 3 is 2.75 bits per heavy atom. The normalized spacial score (nSPS) is 19.4. The van der Waals surface area contributed by atoms with Crippen molar-refractivity contribution in [3.05, 3.63) is 30.1 Å². The molecule has 0 atom stereocenters. The summed E-state index contributed by atoms with van der Waals surface area (Å²) in [4.78, 5) is 0. The molecule has 0 saturated carbocycles. The van der Waals surface area contributed by atoms with Crippen molar-refractivity contribution in [1.29, 1.82) is 0 Å². The van der Waals surface area contributed by atoms with Crippen molar-refractivity contribution in [1.82, 2.24) is 0 Å². The van der Waals surface area contributed by atoms with Crippen molar-refractivity contribution in [2.24, 2.45) is 5.73 Å². The fourth-order valence-corrected chi connectivity index (χ4v) is 3.29. The summed E-state index contributed by atoms with van der Waals surface area (Å²) in [6.45, 7) is 0.601. The fourth-order valence-electron chi connectivity index (χ4n) is 2.01. The first-order chi connectivity index (χ1) is 7.74. The second-order valence-corrected chi connectivity index (χ2v) is 5.46. The molecular weight excluding hydrogens is 223 g/mol. The van der Waals surface area contributed by atoms with E-state index in [9.17, 15) is 4.39 Å². The minimum atomic E-state index is -0.206. The summed E-state index contributed by atoms with van der Waals surface area (Å²) < 4.78 is 13.1. The van der Waals surface area contributed by atoms with Crippen molar-refractivity contribution in [3.63, 3.8) is 0 Å². The highest BCUT2D eigenvalue weighted by atomic mass is 32.2. The molecule has 1 aliphatic rings. The maximum Gasteiger partial charge on any atom is 0.125 e. The lowest BCUT2D eigenvalue weighted by Crippen LogP contribution is -2.48. The molecule has 1 saturated heterocycles. The lowest BCUT2D eigenvalue weighted by Gasteiger charge is -2.37. The minimum Gasteiger partial charge on any atom is -0.378 e. The van der Waals surface area contributed by atoms with Crippen LogP contribution in [0.1, 0.15) is 12.8 Å². The van der Waals surface area contributed by atoms with Crippen LogP contribution in [0.5, 0.6) is 0 Å². The molecule has 2 rings (SSSR count). The molecule has 1 heterocycles. The predicted octanol–water partition coefficient (Wildman–Crippen LogP) is 2.46. The average Bonchev–Trinajstić information content (AvgIpc) is 2.30. The molecule has 0 amide bonds. The van der Waals surface area contributed by atoms with Crippen molar-refractivity contribution in [3.8, 4) is 0 Å². The molecule has 0 aliphatic carbocycles. The molecule has 88 valence electrons. The maximum absolute atomic E-state index is 13.1. The average molecular weight is 240 g/mol. The summed E-state index contributed by atoms with van der Waals surface area (Å²) in [6.07, 6.45) is 2.09. The number of nitrogens with one attached hydrogen (secondary N) is 1. The largest absolute Gasteiger partial charge is 0.378 e. The Morgan fingerprint density at radius 2 is 2.12 bits per heavy atom. The highest BCUT2D eigenvalue weighted by Gasteiger charge is 2.30. The molecule has 0 spiro atoms. The second kappa shape index (κ2) is 5.06. The Hall–Kier alpha value is -0.740. The number of rotatable bonds is 3. The fraction of sp³-hybridized carbons (Fsp3) is 0.500. The first-order valence-corrected chi connectivity index (χ1v) is 6.71. The lowest BCUT2D eigenvalue weighted by atomic mass is 9.92. The van der Waals surface area contributed by atoms with Gasteiger partial charge in [0.05, 0.1) is 5.54 Å². The third-order valence-corrected chi connectivity index (χ3v) is 4.06. The van der Waals surface area contributed by atoms with Gasteiger partial charge < -0.3 is 11.1 Å². The second-order valence-electron chi connectivity index (χ2n) is 4.23.